The number of fused-ring (bicyclic) bond motifs is 1. The van der Waals surface area contributed by atoms with E-state index in [-0.39, 0.29) is 33.4 Å². The van der Waals surface area contributed by atoms with Gasteiger partial charge in [0.2, 0.25) is 0 Å². The van der Waals surface area contributed by atoms with Gasteiger partial charge in [0.15, 0.2) is 0 Å². The zero-order valence-corrected chi connectivity index (χ0v) is 15.0. The van der Waals surface area contributed by atoms with Crippen molar-refractivity contribution in [2.75, 3.05) is 33.2 Å². The molecular weight excluding hydrogens is 369 g/mol. The number of benzene rings is 1. The summed E-state index contributed by atoms with van der Waals surface area (Å²) in [7, 11) is 2.01. The number of H-pyrrole nitrogens is 1. The summed E-state index contributed by atoms with van der Waals surface area (Å²) in [5.74, 6) is -0.365. The molecule has 1 saturated heterocycles. The van der Waals surface area contributed by atoms with Gasteiger partial charge in [0.25, 0.3) is 11.5 Å². The van der Waals surface area contributed by atoms with Crippen LogP contribution in [-0.2, 0) is 11.3 Å². The van der Waals surface area contributed by atoms with E-state index in [1.807, 2.05) is 7.05 Å². The van der Waals surface area contributed by atoms with Gasteiger partial charge in [0, 0.05) is 31.2 Å². The third-order valence-corrected chi connectivity index (χ3v) is 4.62. The van der Waals surface area contributed by atoms with Crippen LogP contribution in [0.25, 0.3) is 10.9 Å². The molecule has 3 rings (SSSR count). The highest BCUT2D eigenvalue weighted by Crippen LogP contribution is 2.24. The zero-order chi connectivity index (χ0) is 18.1. The molecule has 0 saturated carbocycles. The Morgan fingerprint density at radius 3 is 2.56 bits per heavy atom. The van der Waals surface area contributed by atoms with Crippen LogP contribution in [-0.4, -0.2) is 58.6 Å². The molecule has 2 heterocycles. The van der Waals surface area contributed by atoms with E-state index < -0.39 is 11.2 Å². The van der Waals surface area contributed by atoms with Gasteiger partial charge >= 0.3 is 5.69 Å². The highest BCUT2D eigenvalue weighted by atomic mass is 35.5. The SMILES string of the molecule is CN1CCN(NC(=O)Cn2c(=O)[nH]c(=O)c3c(Cl)cc(Cl)cc32)CC1. The van der Waals surface area contributed by atoms with Gasteiger partial charge < -0.3 is 4.90 Å². The van der Waals surface area contributed by atoms with Crippen molar-refractivity contribution in [2.45, 2.75) is 6.54 Å². The predicted octanol–water partition coefficient (Wildman–Crippen LogP) is 0.275. The number of piperazine rings is 1. The van der Waals surface area contributed by atoms with E-state index in [0.29, 0.717) is 13.1 Å². The van der Waals surface area contributed by atoms with Crippen molar-refractivity contribution in [1.82, 2.24) is 24.9 Å². The van der Waals surface area contributed by atoms with Crippen LogP contribution in [0.15, 0.2) is 21.7 Å². The highest BCUT2D eigenvalue weighted by Gasteiger charge is 2.18. The summed E-state index contributed by atoms with van der Waals surface area (Å²) >= 11 is 12.0. The minimum atomic E-state index is -0.690. The van der Waals surface area contributed by atoms with Crippen molar-refractivity contribution in [3.8, 4) is 0 Å². The van der Waals surface area contributed by atoms with Gasteiger partial charge in [-0.1, -0.05) is 23.2 Å². The maximum Gasteiger partial charge on any atom is 0.329 e. The number of nitrogens with zero attached hydrogens (tertiary/aromatic N) is 3. The minimum Gasteiger partial charge on any atom is -0.304 e. The highest BCUT2D eigenvalue weighted by molar-refractivity contribution is 6.38. The van der Waals surface area contributed by atoms with Crippen molar-refractivity contribution in [3.05, 3.63) is 43.0 Å². The summed E-state index contributed by atoms with van der Waals surface area (Å²) in [6.07, 6.45) is 0. The molecule has 0 unspecified atom stereocenters. The first-order chi connectivity index (χ1) is 11.8. The molecule has 2 aromatic rings. The number of carbonyl (C=O) groups is 1. The second-order valence-corrected chi connectivity index (χ2v) is 6.80. The van der Waals surface area contributed by atoms with Gasteiger partial charge in [-0.3, -0.25) is 24.6 Å². The van der Waals surface area contributed by atoms with Gasteiger partial charge in [-0.25, -0.2) is 9.80 Å². The summed E-state index contributed by atoms with van der Waals surface area (Å²) in [6, 6.07) is 2.86. The average molecular weight is 386 g/mol. The Balaban J connectivity index is 1.89. The molecule has 25 heavy (non-hydrogen) atoms. The first kappa shape index (κ1) is 17.9. The number of hydrogen-bond donors (Lipinski definition) is 2. The Hall–Kier alpha value is -1.87. The molecule has 1 aromatic heterocycles. The summed E-state index contributed by atoms with van der Waals surface area (Å²) < 4.78 is 1.15. The molecule has 8 nitrogen and oxygen atoms in total. The molecule has 0 atom stereocenters. The summed E-state index contributed by atoms with van der Waals surface area (Å²) in [4.78, 5) is 40.8. The third-order valence-electron chi connectivity index (χ3n) is 4.11. The number of aromatic nitrogens is 2. The van der Waals surface area contributed by atoms with Crippen molar-refractivity contribution in [3.63, 3.8) is 0 Å². The van der Waals surface area contributed by atoms with Crippen molar-refractivity contribution in [2.24, 2.45) is 0 Å². The number of aromatic amines is 1. The fourth-order valence-corrected chi connectivity index (χ4v) is 3.33. The van der Waals surface area contributed by atoms with Crippen molar-refractivity contribution in [1.29, 1.82) is 0 Å². The lowest BCUT2D eigenvalue weighted by Crippen LogP contribution is -2.53. The molecule has 10 heteroatoms. The maximum atomic E-state index is 12.3. The van der Waals surface area contributed by atoms with Crippen LogP contribution in [0.2, 0.25) is 10.0 Å². The molecule has 0 aliphatic carbocycles. The van der Waals surface area contributed by atoms with Crippen molar-refractivity contribution >= 4 is 40.0 Å². The van der Waals surface area contributed by atoms with E-state index in [1.54, 1.807) is 5.01 Å². The van der Waals surface area contributed by atoms with Crippen LogP contribution in [0, 0.1) is 0 Å². The third kappa shape index (κ3) is 3.87. The van der Waals surface area contributed by atoms with Crippen LogP contribution in [0.4, 0.5) is 0 Å². The fraction of sp³-hybridized carbons (Fsp3) is 0.400. The van der Waals surface area contributed by atoms with Crippen LogP contribution >= 0.6 is 23.2 Å². The van der Waals surface area contributed by atoms with E-state index in [9.17, 15) is 14.4 Å². The van der Waals surface area contributed by atoms with Crippen LogP contribution < -0.4 is 16.7 Å². The van der Waals surface area contributed by atoms with Gasteiger partial charge in [-0.2, -0.15) is 0 Å². The fourth-order valence-electron chi connectivity index (χ4n) is 2.76. The molecule has 0 bridgehead atoms. The first-order valence-electron chi connectivity index (χ1n) is 7.70. The van der Waals surface area contributed by atoms with E-state index in [1.165, 1.54) is 12.1 Å². The molecule has 1 aromatic carbocycles. The number of carbonyl (C=O) groups excluding carboxylic acids is 1. The Bertz CT molecular complexity index is 931. The Morgan fingerprint density at radius 2 is 1.88 bits per heavy atom. The minimum absolute atomic E-state index is 0.122. The van der Waals surface area contributed by atoms with Crippen LogP contribution in [0.5, 0.6) is 0 Å². The van der Waals surface area contributed by atoms with Crippen LogP contribution in [0.1, 0.15) is 0 Å². The molecule has 0 radical (unpaired) electrons. The largest absolute Gasteiger partial charge is 0.329 e. The van der Waals surface area contributed by atoms with E-state index >= 15 is 0 Å². The van der Waals surface area contributed by atoms with E-state index in [2.05, 4.69) is 15.3 Å². The number of amides is 1. The van der Waals surface area contributed by atoms with Crippen molar-refractivity contribution < 1.29 is 4.79 Å². The van der Waals surface area contributed by atoms with Crippen LogP contribution in [0.3, 0.4) is 0 Å². The Morgan fingerprint density at radius 1 is 1.20 bits per heavy atom. The zero-order valence-electron chi connectivity index (χ0n) is 13.5. The number of hydrogen-bond acceptors (Lipinski definition) is 5. The topological polar surface area (TPSA) is 90.4 Å². The number of rotatable bonds is 3. The van der Waals surface area contributed by atoms with E-state index in [4.69, 9.17) is 23.2 Å². The molecule has 134 valence electrons. The lowest BCUT2D eigenvalue weighted by molar-refractivity contribution is -0.127. The first-order valence-corrected chi connectivity index (χ1v) is 8.45. The lowest BCUT2D eigenvalue weighted by Gasteiger charge is -2.32. The van der Waals surface area contributed by atoms with Gasteiger partial charge in [-0.15, -0.1) is 0 Å². The summed E-state index contributed by atoms with van der Waals surface area (Å²) in [5, 5.41) is 2.33. The standard InChI is InChI=1S/C15H17Cl2N5O3/c1-20-2-4-21(5-3-20)19-12(23)8-22-11-7-9(16)6-10(17)13(11)14(24)18-15(22)25/h6-7H,2-5,8H2,1H3,(H,19,23)(H,18,24,25). The lowest BCUT2D eigenvalue weighted by atomic mass is 10.2. The number of halogens is 2. The maximum absolute atomic E-state index is 12.3. The number of nitrogens with one attached hydrogen (secondary N) is 2. The molecule has 0 spiro atoms. The smallest absolute Gasteiger partial charge is 0.304 e. The second kappa shape index (κ2) is 7.17. The van der Waals surface area contributed by atoms with Gasteiger partial charge in [0.1, 0.15) is 6.54 Å². The Kier molecular flexibility index (Phi) is 5.14. The molecular formula is C15H17Cl2N5O3. The quantitative estimate of drug-likeness (QED) is 0.791. The summed E-state index contributed by atoms with van der Waals surface area (Å²) in [5.41, 5.74) is 1.69. The summed E-state index contributed by atoms with van der Waals surface area (Å²) in [6.45, 7) is 2.82. The molecule has 1 fully saturated rings. The normalized spacial score (nSPS) is 16.3. The molecule has 1 amide bonds. The second-order valence-electron chi connectivity index (χ2n) is 5.95. The van der Waals surface area contributed by atoms with Gasteiger partial charge in [0.05, 0.1) is 15.9 Å². The molecule has 1 aliphatic heterocycles. The molecule has 2 N–H and O–H groups in total. The average Bonchev–Trinajstić information content (AvgIpc) is 2.52. The number of hydrazine groups is 1. The monoisotopic (exact) mass is 385 g/mol. The predicted molar refractivity (Wildman–Crippen MR) is 96.1 cm³/mol. The van der Waals surface area contributed by atoms with E-state index in [0.717, 1.165) is 17.7 Å². The van der Waals surface area contributed by atoms with Gasteiger partial charge in [-0.05, 0) is 19.2 Å². The Labute approximate surface area is 152 Å². The number of likely N-dealkylation sites (N-methyl/N-ethyl adjacent to an activating group) is 1. The molecule has 1 aliphatic rings.